The number of benzene rings is 3. The Morgan fingerprint density at radius 1 is 0.897 bits per heavy atom. The van der Waals surface area contributed by atoms with Gasteiger partial charge in [0.2, 0.25) is 0 Å². The number of carbonyl (C=O) groups excluding carboxylic acids is 1. The number of aliphatic hydroxyl groups excluding tert-OH is 1. The smallest absolute Gasteiger partial charge is 0.407 e. The molecule has 2 N–H and O–H groups in total. The zero-order valence-electron chi connectivity index (χ0n) is 16.3. The van der Waals surface area contributed by atoms with Crippen LogP contribution in [0.3, 0.4) is 0 Å². The highest BCUT2D eigenvalue weighted by molar-refractivity contribution is 5.79. The lowest BCUT2D eigenvalue weighted by Gasteiger charge is -2.17. The molecule has 0 spiro atoms. The average molecular weight is 387 g/mol. The topological polar surface area (TPSA) is 58.6 Å². The van der Waals surface area contributed by atoms with Crippen molar-refractivity contribution < 1.29 is 14.6 Å². The maximum atomic E-state index is 12.3. The van der Waals surface area contributed by atoms with Crippen molar-refractivity contribution in [2.24, 2.45) is 5.92 Å². The first-order valence-corrected chi connectivity index (χ1v) is 10.00. The van der Waals surface area contributed by atoms with E-state index in [1.807, 2.05) is 54.6 Å². The van der Waals surface area contributed by atoms with E-state index in [1.54, 1.807) is 0 Å². The standard InChI is InChI=1S/C25H25NO3/c27-16-19(14-18-8-2-1-3-9-18)15-26-25(28)29-17-24-22-12-6-4-10-20(22)21-11-5-7-13-23(21)24/h1-13,19,24,27H,14-17H2,(H,26,28). The van der Waals surface area contributed by atoms with Gasteiger partial charge in [-0.05, 0) is 34.2 Å². The Bertz CT molecular complexity index is 925. The Labute approximate surface area is 171 Å². The highest BCUT2D eigenvalue weighted by Gasteiger charge is 2.29. The molecule has 3 aromatic rings. The van der Waals surface area contributed by atoms with Gasteiger partial charge in [0.1, 0.15) is 6.61 Å². The Balaban J connectivity index is 1.34. The lowest BCUT2D eigenvalue weighted by Crippen LogP contribution is -2.33. The predicted molar refractivity (Wildman–Crippen MR) is 114 cm³/mol. The van der Waals surface area contributed by atoms with E-state index in [4.69, 9.17) is 4.74 Å². The van der Waals surface area contributed by atoms with Crippen LogP contribution in [-0.2, 0) is 11.2 Å². The second-order valence-electron chi connectivity index (χ2n) is 7.44. The Morgan fingerprint density at radius 2 is 1.48 bits per heavy atom. The first kappa shape index (κ1) is 19.2. The third-order valence-corrected chi connectivity index (χ3v) is 5.50. The van der Waals surface area contributed by atoms with Gasteiger partial charge >= 0.3 is 6.09 Å². The molecule has 1 amide bonds. The number of hydrogen-bond acceptors (Lipinski definition) is 3. The second kappa shape index (κ2) is 8.93. The summed E-state index contributed by atoms with van der Waals surface area (Å²) in [6, 6.07) is 26.5. The minimum Gasteiger partial charge on any atom is -0.449 e. The van der Waals surface area contributed by atoms with Crippen molar-refractivity contribution in [2.45, 2.75) is 12.3 Å². The number of amides is 1. The molecular weight excluding hydrogens is 362 g/mol. The third-order valence-electron chi connectivity index (χ3n) is 5.50. The first-order valence-electron chi connectivity index (χ1n) is 10.00. The van der Waals surface area contributed by atoms with Crippen molar-refractivity contribution in [1.29, 1.82) is 0 Å². The largest absolute Gasteiger partial charge is 0.449 e. The summed E-state index contributed by atoms with van der Waals surface area (Å²) in [7, 11) is 0. The van der Waals surface area contributed by atoms with Gasteiger partial charge in [-0.25, -0.2) is 4.79 Å². The van der Waals surface area contributed by atoms with E-state index in [0.29, 0.717) is 19.6 Å². The van der Waals surface area contributed by atoms with E-state index in [0.717, 1.165) is 5.56 Å². The van der Waals surface area contributed by atoms with Crippen LogP contribution in [0.5, 0.6) is 0 Å². The minimum atomic E-state index is -0.446. The van der Waals surface area contributed by atoms with Crippen LogP contribution in [0.25, 0.3) is 11.1 Å². The molecule has 0 saturated heterocycles. The Morgan fingerprint density at radius 3 is 2.10 bits per heavy atom. The molecule has 1 aliphatic carbocycles. The summed E-state index contributed by atoms with van der Waals surface area (Å²) in [6.45, 7) is 0.683. The Kier molecular flexibility index (Phi) is 5.92. The monoisotopic (exact) mass is 387 g/mol. The molecule has 4 heteroatoms. The van der Waals surface area contributed by atoms with E-state index in [-0.39, 0.29) is 18.4 Å². The van der Waals surface area contributed by atoms with Crippen molar-refractivity contribution in [3.63, 3.8) is 0 Å². The molecule has 0 aromatic heterocycles. The SMILES string of the molecule is O=C(NCC(CO)Cc1ccccc1)OCC1c2ccccc2-c2ccccc21. The fourth-order valence-corrected chi connectivity index (χ4v) is 4.03. The molecule has 3 aromatic carbocycles. The van der Waals surface area contributed by atoms with E-state index in [9.17, 15) is 9.90 Å². The molecule has 148 valence electrons. The van der Waals surface area contributed by atoms with E-state index in [1.165, 1.54) is 22.3 Å². The lowest BCUT2D eigenvalue weighted by molar-refractivity contribution is 0.138. The maximum Gasteiger partial charge on any atom is 0.407 e. The van der Waals surface area contributed by atoms with Gasteiger partial charge in [-0.2, -0.15) is 0 Å². The lowest BCUT2D eigenvalue weighted by atomic mass is 9.98. The molecule has 4 nitrogen and oxygen atoms in total. The highest BCUT2D eigenvalue weighted by atomic mass is 16.5. The van der Waals surface area contributed by atoms with Crippen molar-refractivity contribution in [3.05, 3.63) is 95.6 Å². The van der Waals surface area contributed by atoms with Gasteiger partial charge in [-0.15, -0.1) is 0 Å². The van der Waals surface area contributed by atoms with E-state index in [2.05, 4.69) is 29.6 Å². The fraction of sp³-hybridized carbons (Fsp3) is 0.240. The molecule has 4 rings (SSSR count). The van der Waals surface area contributed by atoms with Crippen LogP contribution in [0.4, 0.5) is 4.79 Å². The number of aliphatic hydroxyl groups is 1. The van der Waals surface area contributed by atoms with Crippen LogP contribution in [0.1, 0.15) is 22.6 Å². The van der Waals surface area contributed by atoms with Gasteiger partial charge in [-0.1, -0.05) is 78.9 Å². The van der Waals surface area contributed by atoms with Crippen molar-refractivity contribution >= 4 is 6.09 Å². The molecule has 0 heterocycles. The molecule has 0 radical (unpaired) electrons. The predicted octanol–water partition coefficient (Wildman–Crippen LogP) is 4.38. The summed E-state index contributed by atoms with van der Waals surface area (Å²) in [5, 5.41) is 12.4. The number of rotatable bonds is 7. The van der Waals surface area contributed by atoms with E-state index < -0.39 is 6.09 Å². The Hall–Kier alpha value is -3.11. The van der Waals surface area contributed by atoms with Gasteiger partial charge in [0.25, 0.3) is 0 Å². The summed E-state index contributed by atoms with van der Waals surface area (Å²) in [5.41, 5.74) is 5.94. The van der Waals surface area contributed by atoms with Gasteiger partial charge in [0.15, 0.2) is 0 Å². The zero-order chi connectivity index (χ0) is 20.1. The number of fused-ring (bicyclic) bond motifs is 3. The quantitative estimate of drug-likeness (QED) is 0.633. The van der Waals surface area contributed by atoms with Crippen LogP contribution < -0.4 is 5.32 Å². The number of carbonyl (C=O) groups is 1. The number of alkyl carbamates (subject to hydrolysis) is 1. The van der Waals surface area contributed by atoms with Gasteiger partial charge in [0.05, 0.1) is 0 Å². The van der Waals surface area contributed by atoms with E-state index >= 15 is 0 Å². The number of nitrogens with one attached hydrogen (secondary N) is 1. The second-order valence-corrected chi connectivity index (χ2v) is 7.44. The molecule has 29 heavy (non-hydrogen) atoms. The first-order chi connectivity index (χ1) is 14.3. The van der Waals surface area contributed by atoms with Crippen LogP contribution in [-0.4, -0.2) is 31.0 Å². The summed E-state index contributed by atoms with van der Waals surface area (Å²) in [5.74, 6) is 0.00369. The number of hydrogen-bond donors (Lipinski definition) is 2. The summed E-state index contributed by atoms with van der Waals surface area (Å²) in [6.07, 6.45) is 0.263. The molecule has 1 aliphatic rings. The molecular formula is C25H25NO3. The van der Waals surface area contributed by atoms with Crippen molar-refractivity contribution in [2.75, 3.05) is 19.8 Å². The fourth-order valence-electron chi connectivity index (χ4n) is 4.03. The van der Waals surface area contributed by atoms with Crippen LogP contribution in [0.2, 0.25) is 0 Å². The highest BCUT2D eigenvalue weighted by Crippen LogP contribution is 2.44. The molecule has 0 fully saturated rings. The van der Waals surface area contributed by atoms with Crippen LogP contribution >= 0.6 is 0 Å². The normalized spacial score (nSPS) is 13.4. The molecule has 0 bridgehead atoms. The van der Waals surface area contributed by atoms with Crippen molar-refractivity contribution in [3.8, 4) is 11.1 Å². The molecule has 1 unspecified atom stereocenters. The third kappa shape index (κ3) is 4.33. The summed E-state index contributed by atoms with van der Waals surface area (Å²) in [4.78, 5) is 12.3. The number of ether oxygens (including phenoxy) is 1. The maximum absolute atomic E-state index is 12.3. The van der Waals surface area contributed by atoms with Crippen LogP contribution in [0, 0.1) is 5.92 Å². The average Bonchev–Trinajstić information content (AvgIpc) is 3.09. The van der Waals surface area contributed by atoms with Crippen LogP contribution in [0.15, 0.2) is 78.9 Å². The zero-order valence-corrected chi connectivity index (χ0v) is 16.3. The molecule has 1 atom stereocenters. The summed E-state index contributed by atoms with van der Waals surface area (Å²) >= 11 is 0. The van der Waals surface area contributed by atoms with Gasteiger partial charge in [-0.3, -0.25) is 0 Å². The van der Waals surface area contributed by atoms with Gasteiger partial charge < -0.3 is 15.2 Å². The molecule has 0 aliphatic heterocycles. The van der Waals surface area contributed by atoms with Crippen molar-refractivity contribution in [1.82, 2.24) is 5.32 Å². The molecule has 0 saturated carbocycles. The summed E-state index contributed by atoms with van der Waals surface area (Å²) < 4.78 is 5.55. The van der Waals surface area contributed by atoms with Gasteiger partial charge in [0, 0.05) is 25.0 Å². The minimum absolute atomic E-state index is 0.0125.